The molecule has 1 amide bonds. The van der Waals surface area contributed by atoms with Gasteiger partial charge in [0.05, 0.1) is 12.1 Å². The van der Waals surface area contributed by atoms with Gasteiger partial charge in [-0.25, -0.2) is 4.39 Å². The molecule has 0 saturated heterocycles. The number of hydrogen-bond acceptors (Lipinski definition) is 3. The SMILES string of the molecule is COc1ccc(NC(=NCCc2c[nH]c3ccccc23)NC(=O)c2cccc(F)c2)cc1Cl. The highest BCUT2D eigenvalue weighted by Gasteiger charge is 2.12. The Balaban J connectivity index is 1.54. The summed E-state index contributed by atoms with van der Waals surface area (Å²) in [5.41, 5.74) is 2.99. The number of rotatable bonds is 6. The van der Waals surface area contributed by atoms with Crippen LogP contribution in [-0.4, -0.2) is 30.5 Å². The van der Waals surface area contributed by atoms with Crippen LogP contribution in [0.1, 0.15) is 15.9 Å². The Hall–Kier alpha value is -3.84. The fourth-order valence-electron chi connectivity index (χ4n) is 3.43. The van der Waals surface area contributed by atoms with Crippen LogP contribution in [0.25, 0.3) is 10.9 Å². The van der Waals surface area contributed by atoms with E-state index in [0.717, 1.165) is 16.5 Å². The number of aromatic nitrogens is 1. The number of para-hydroxylation sites is 1. The summed E-state index contributed by atoms with van der Waals surface area (Å²) in [5, 5.41) is 7.35. The van der Waals surface area contributed by atoms with Crippen LogP contribution in [-0.2, 0) is 6.42 Å². The monoisotopic (exact) mass is 464 g/mol. The van der Waals surface area contributed by atoms with Crippen molar-refractivity contribution in [2.75, 3.05) is 19.0 Å². The molecule has 0 bridgehead atoms. The highest BCUT2D eigenvalue weighted by Crippen LogP contribution is 2.27. The van der Waals surface area contributed by atoms with E-state index in [-0.39, 0.29) is 11.5 Å². The van der Waals surface area contributed by atoms with Gasteiger partial charge in [-0.1, -0.05) is 35.9 Å². The number of nitrogens with zero attached hydrogens (tertiary/aromatic N) is 1. The van der Waals surface area contributed by atoms with E-state index in [0.29, 0.717) is 29.4 Å². The van der Waals surface area contributed by atoms with Crippen molar-refractivity contribution in [3.05, 3.63) is 94.9 Å². The first kappa shape index (κ1) is 22.4. The third-order valence-electron chi connectivity index (χ3n) is 5.06. The van der Waals surface area contributed by atoms with Gasteiger partial charge in [-0.2, -0.15) is 0 Å². The number of nitrogens with one attached hydrogen (secondary N) is 3. The van der Waals surface area contributed by atoms with Gasteiger partial charge in [0.25, 0.3) is 5.91 Å². The Labute approximate surface area is 195 Å². The number of benzene rings is 3. The van der Waals surface area contributed by atoms with E-state index in [1.807, 2.05) is 24.4 Å². The van der Waals surface area contributed by atoms with Crippen molar-refractivity contribution in [1.82, 2.24) is 10.3 Å². The number of carbonyl (C=O) groups is 1. The van der Waals surface area contributed by atoms with Gasteiger partial charge in [0.2, 0.25) is 5.96 Å². The van der Waals surface area contributed by atoms with E-state index in [1.165, 1.54) is 31.4 Å². The molecule has 0 saturated carbocycles. The number of aromatic amines is 1. The van der Waals surface area contributed by atoms with Crippen molar-refractivity contribution in [3.63, 3.8) is 0 Å². The van der Waals surface area contributed by atoms with Crippen molar-refractivity contribution >= 4 is 40.1 Å². The first-order chi connectivity index (χ1) is 16.0. The van der Waals surface area contributed by atoms with Crippen LogP contribution in [0.2, 0.25) is 5.02 Å². The fraction of sp³-hybridized carbons (Fsp3) is 0.120. The molecule has 0 aliphatic heterocycles. The number of anilines is 1. The molecule has 0 aliphatic rings. The molecule has 6 nitrogen and oxygen atoms in total. The van der Waals surface area contributed by atoms with Crippen molar-refractivity contribution in [3.8, 4) is 5.75 Å². The second-order valence-electron chi connectivity index (χ2n) is 7.28. The van der Waals surface area contributed by atoms with Gasteiger partial charge in [0.15, 0.2) is 0 Å². The lowest BCUT2D eigenvalue weighted by Crippen LogP contribution is -2.36. The molecule has 4 aromatic rings. The molecule has 1 aromatic heterocycles. The third kappa shape index (κ3) is 5.51. The molecule has 4 rings (SSSR count). The summed E-state index contributed by atoms with van der Waals surface area (Å²) in [5.74, 6) is -0.211. The van der Waals surface area contributed by atoms with Gasteiger partial charge in [0, 0.05) is 34.9 Å². The lowest BCUT2D eigenvalue weighted by molar-refractivity contribution is 0.0976. The van der Waals surface area contributed by atoms with Crippen LogP contribution in [0.15, 0.2) is 77.9 Å². The van der Waals surface area contributed by atoms with E-state index in [4.69, 9.17) is 16.3 Å². The summed E-state index contributed by atoms with van der Waals surface area (Å²) >= 11 is 6.22. The van der Waals surface area contributed by atoms with Gasteiger partial charge < -0.3 is 15.0 Å². The van der Waals surface area contributed by atoms with Crippen molar-refractivity contribution in [1.29, 1.82) is 0 Å². The minimum atomic E-state index is -0.490. The minimum Gasteiger partial charge on any atom is -0.495 e. The van der Waals surface area contributed by atoms with Crippen molar-refractivity contribution < 1.29 is 13.9 Å². The standard InChI is InChI=1S/C25H22ClFN4O2/c1-33-23-10-9-19(14-21(23)26)30-25(31-24(32)16-5-4-6-18(27)13-16)28-12-11-17-15-29-22-8-3-2-7-20(17)22/h2-10,13-15,29H,11-12H2,1H3,(H2,28,30,31,32). The number of fused-ring (bicyclic) bond motifs is 1. The Morgan fingerprint density at radius 1 is 1.12 bits per heavy atom. The average Bonchev–Trinajstić information content (AvgIpc) is 3.22. The normalized spacial score (nSPS) is 11.4. The lowest BCUT2D eigenvalue weighted by Gasteiger charge is -2.13. The maximum Gasteiger partial charge on any atom is 0.258 e. The maximum atomic E-state index is 13.6. The number of guanidine groups is 1. The van der Waals surface area contributed by atoms with Crippen LogP contribution in [0.3, 0.4) is 0 Å². The summed E-state index contributed by atoms with van der Waals surface area (Å²) in [4.78, 5) is 20.5. The first-order valence-electron chi connectivity index (χ1n) is 10.3. The number of methoxy groups -OCH3 is 1. The molecule has 1 heterocycles. The van der Waals surface area contributed by atoms with Crippen LogP contribution in [0, 0.1) is 5.82 Å². The Kier molecular flexibility index (Phi) is 6.90. The molecule has 0 atom stereocenters. The van der Waals surface area contributed by atoms with E-state index >= 15 is 0 Å². The zero-order valence-corrected chi connectivity index (χ0v) is 18.6. The van der Waals surface area contributed by atoms with Crippen LogP contribution in [0.4, 0.5) is 10.1 Å². The lowest BCUT2D eigenvalue weighted by atomic mass is 10.1. The largest absolute Gasteiger partial charge is 0.495 e. The zero-order valence-electron chi connectivity index (χ0n) is 17.9. The molecule has 3 aromatic carbocycles. The second kappa shape index (κ2) is 10.2. The van der Waals surface area contributed by atoms with E-state index in [2.05, 4.69) is 26.7 Å². The van der Waals surface area contributed by atoms with Crippen LogP contribution < -0.4 is 15.4 Å². The predicted octanol–water partition coefficient (Wildman–Crippen LogP) is 5.41. The van der Waals surface area contributed by atoms with E-state index in [9.17, 15) is 9.18 Å². The van der Waals surface area contributed by atoms with Gasteiger partial charge in [-0.3, -0.25) is 15.1 Å². The highest BCUT2D eigenvalue weighted by atomic mass is 35.5. The number of amides is 1. The summed E-state index contributed by atoms with van der Waals surface area (Å²) in [6, 6.07) is 18.6. The summed E-state index contributed by atoms with van der Waals surface area (Å²) in [6.45, 7) is 0.414. The Morgan fingerprint density at radius 3 is 2.76 bits per heavy atom. The Morgan fingerprint density at radius 2 is 1.97 bits per heavy atom. The topological polar surface area (TPSA) is 78.5 Å². The Bertz CT molecular complexity index is 1320. The highest BCUT2D eigenvalue weighted by molar-refractivity contribution is 6.32. The minimum absolute atomic E-state index is 0.189. The molecule has 3 N–H and O–H groups in total. The first-order valence-corrected chi connectivity index (χ1v) is 10.7. The number of carbonyl (C=O) groups excluding carboxylic acids is 1. The number of H-pyrrole nitrogens is 1. The second-order valence-corrected chi connectivity index (χ2v) is 7.69. The quantitative estimate of drug-likeness (QED) is 0.264. The number of aliphatic imine (C=N–C) groups is 1. The molecule has 0 fully saturated rings. The van der Waals surface area contributed by atoms with Gasteiger partial charge >= 0.3 is 0 Å². The number of halogens is 2. The van der Waals surface area contributed by atoms with Gasteiger partial charge in [-0.05, 0) is 54.4 Å². The molecule has 168 valence electrons. The molecule has 0 aliphatic carbocycles. The number of hydrogen-bond donors (Lipinski definition) is 3. The zero-order chi connectivity index (χ0) is 23.2. The molecular formula is C25H22ClFN4O2. The van der Waals surface area contributed by atoms with E-state index < -0.39 is 11.7 Å². The van der Waals surface area contributed by atoms with Crippen LogP contribution in [0.5, 0.6) is 5.75 Å². The van der Waals surface area contributed by atoms with Crippen molar-refractivity contribution in [2.45, 2.75) is 6.42 Å². The predicted molar refractivity (Wildman–Crippen MR) is 130 cm³/mol. The molecule has 33 heavy (non-hydrogen) atoms. The smallest absolute Gasteiger partial charge is 0.258 e. The van der Waals surface area contributed by atoms with Crippen molar-refractivity contribution in [2.24, 2.45) is 4.99 Å². The van der Waals surface area contributed by atoms with Crippen LogP contribution >= 0.6 is 11.6 Å². The summed E-state index contributed by atoms with van der Waals surface area (Å²) < 4.78 is 18.7. The third-order valence-corrected chi connectivity index (χ3v) is 5.35. The molecule has 8 heteroatoms. The molecule has 0 unspecified atom stereocenters. The maximum absolute atomic E-state index is 13.6. The summed E-state index contributed by atoms with van der Waals surface area (Å²) in [6.07, 6.45) is 2.62. The molecule has 0 radical (unpaired) electrons. The molecular weight excluding hydrogens is 443 g/mol. The summed E-state index contributed by atoms with van der Waals surface area (Å²) in [7, 11) is 1.53. The van der Waals surface area contributed by atoms with Gasteiger partial charge in [-0.15, -0.1) is 0 Å². The number of ether oxygens (including phenoxy) is 1. The van der Waals surface area contributed by atoms with Gasteiger partial charge in [0.1, 0.15) is 11.6 Å². The average molecular weight is 465 g/mol. The fourth-order valence-corrected chi connectivity index (χ4v) is 3.68. The molecule has 0 spiro atoms. The van der Waals surface area contributed by atoms with E-state index in [1.54, 1.807) is 18.2 Å².